The molecule has 1 heterocycles. The fourth-order valence-electron chi connectivity index (χ4n) is 1.12. The van der Waals surface area contributed by atoms with Gasteiger partial charge in [0.15, 0.2) is 5.82 Å². The highest BCUT2D eigenvalue weighted by atomic mass is 35.5. The fraction of sp³-hybridized carbons (Fsp3) is 0.444. The number of aromatic nitrogens is 2. The maximum Gasteiger partial charge on any atom is 0.278 e. The first-order valence-electron chi connectivity index (χ1n) is 4.84. The van der Waals surface area contributed by atoms with Gasteiger partial charge in [0.2, 0.25) is 5.91 Å². The molecule has 0 saturated heterocycles. The van der Waals surface area contributed by atoms with Gasteiger partial charge in [0, 0.05) is 12.3 Å². The number of halogens is 1. The Hall–Kier alpha value is -1.56. The van der Waals surface area contributed by atoms with Crippen molar-refractivity contribution in [1.82, 2.24) is 15.3 Å². The molecule has 0 spiro atoms. The lowest BCUT2D eigenvalue weighted by atomic mass is 10.2. The zero-order valence-electron chi connectivity index (χ0n) is 8.62. The van der Waals surface area contributed by atoms with E-state index in [1.807, 2.05) is 0 Å². The summed E-state index contributed by atoms with van der Waals surface area (Å²) in [6.45, 7) is 0. The molecule has 2 amide bonds. The number of nitrogens with one attached hydrogen (secondary N) is 2. The Morgan fingerprint density at radius 2 is 2.25 bits per heavy atom. The Labute approximate surface area is 97.6 Å². The van der Waals surface area contributed by atoms with Crippen molar-refractivity contribution in [2.24, 2.45) is 0 Å². The summed E-state index contributed by atoms with van der Waals surface area (Å²) in [5, 5.41) is 2.21. The Morgan fingerprint density at radius 1 is 1.50 bits per heavy atom. The van der Waals surface area contributed by atoms with Crippen molar-refractivity contribution in [3.05, 3.63) is 12.0 Å². The average molecular weight is 245 g/mol. The molecule has 0 aliphatic heterocycles. The van der Waals surface area contributed by atoms with Crippen LogP contribution in [0.2, 0.25) is 0 Å². The number of imidazole rings is 1. The molecule has 6 nitrogen and oxygen atoms in total. The summed E-state index contributed by atoms with van der Waals surface area (Å²) in [7, 11) is 0. The normalized spacial score (nSPS) is 10.1. The molecule has 1 rings (SSSR count). The molecule has 88 valence electrons. The second kappa shape index (κ2) is 6.12. The summed E-state index contributed by atoms with van der Waals surface area (Å²) in [5.74, 6) is -0.324. The molecule has 0 unspecified atom stereocenters. The summed E-state index contributed by atoms with van der Waals surface area (Å²) in [6, 6.07) is 0. The number of unbranched alkanes of at least 4 members (excludes halogenated alkanes) is 1. The van der Waals surface area contributed by atoms with Crippen LogP contribution in [0.15, 0.2) is 6.33 Å². The number of alkyl halides is 1. The van der Waals surface area contributed by atoms with Crippen molar-refractivity contribution in [2.75, 3.05) is 11.6 Å². The maximum absolute atomic E-state index is 11.5. The van der Waals surface area contributed by atoms with E-state index in [2.05, 4.69) is 15.3 Å². The summed E-state index contributed by atoms with van der Waals surface area (Å²) in [6.07, 6.45) is 2.96. The van der Waals surface area contributed by atoms with E-state index in [1.165, 1.54) is 6.33 Å². The minimum Gasteiger partial charge on any atom is -0.382 e. The van der Waals surface area contributed by atoms with Crippen LogP contribution < -0.4 is 11.1 Å². The lowest BCUT2D eigenvalue weighted by Gasteiger charge is -2.02. The molecule has 4 N–H and O–H groups in total. The summed E-state index contributed by atoms with van der Waals surface area (Å²) >= 11 is 5.46. The molecule has 0 fully saturated rings. The number of hydrogen-bond donors (Lipinski definition) is 3. The molecule has 0 atom stereocenters. The van der Waals surface area contributed by atoms with Gasteiger partial charge in [-0.2, -0.15) is 0 Å². The van der Waals surface area contributed by atoms with Gasteiger partial charge in [-0.3, -0.25) is 14.9 Å². The fourth-order valence-corrected chi connectivity index (χ4v) is 1.31. The van der Waals surface area contributed by atoms with E-state index in [4.69, 9.17) is 17.3 Å². The average Bonchev–Trinajstić information content (AvgIpc) is 2.65. The van der Waals surface area contributed by atoms with Gasteiger partial charge in [0.05, 0.1) is 6.33 Å². The molecule has 0 bridgehead atoms. The molecule has 0 aromatic carbocycles. The first-order chi connectivity index (χ1) is 7.65. The number of H-pyrrole nitrogens is 1. The Bertz CT molecular complexity index is 377. The summed E-state index contributed by atoms with van der Waals surface area (Å²) in [5.41, 5.74) is 5.51. The smallest absolute Gasteiger partial charge is 0.278 e. The van der Waals surface area contributed by atoms with Crippen molar-refractivity contribution < 1.29 is 9.59 Å². The SMILES string of the molecule is Nc1nc[nH]c1C(=O)NC(=O)CCCCCl. The van der Waals surface area contributed by atoms with Gasteiger partial charge in [-0.05, 0) is 12.8 Å². The molecular formula is C9H13ClN4O2. The predicted molar refractivity (Wildman–Crippen MR) is 60.0 cm³/mol. The van der Waals surface area contributed by atoms with Crippen LogP contribution in [0.1, 0.15) is 29.8 Å². The second-order valence-electron chi connectivity index (χ2n) is 3.19. The topological polar surface area (TPSA) is 101 Å². The zero-order chi connectivity index (χ0) is 12.0. The van der Waals surface area contributed by atoms with Gasteiger partial charge in [0.25, 0.3) is 5.91 Å². The third-order valence-corrected chi connectivity index (χ3v) is 2.20. The minimum absolute atomic E-state index is 0.0751. The third-order valence-electron chi connectivity index (χ3n) is 1.94. The molecule has 0 aliphatic rings. The van der Waals surface area contributed by atoms with E-state index >= 15 is 0 Å². The molecule has 0 saturated carbocycles. The van der Waals surface area contributed by atoms with Crippen LogP contribution in [0, 0.1) is 0 Å². The van der Waals surface area contributed by atoms with Gasteiger partial charge >= 0.3 is 0 Å². The van der Waals surface area contributed by atoms with Crippen LogP contribution in [0.4, 0.5) is 5.82 Å². The number of imide groups is 1. The highest BCUT2D eigenvalue weighted by Crippen LogP contribution is 2.04. The van der Waals surface area contributed by atoms with Crippen molar-refractivity contribution in [3.63, 3.8) is 0 Å². The highest BCUT2D eigenvalue weighted by Gasteiger charge is 2.14. The van der Waals surface area contributed by atoms with Crippen LogP contribution in [0.25, 0.3) is 0 Å². The number of carbonyl (C=O) groups excluding carboxylic acids is 2. The van der Waals surface area contributed by atoms with Crippen LogP contribution >= 0.6 is 11.6 Å². The first kappa shape index (κ1) is 12.5. The minimum atomic E-state index is -0.564. The summed E-state index contributed by atoms with van der Waals surface area (Å²) < 4.78 is 0. The third kappa shape index (κ3) is 3.54. The van der Waals surface area contributed by atoms with E-state index in [1.54, 1.807) is 0 Å². The Balaban J connectivity index is 2.40. The van der Waals surface area contributed by atoms with E-state index in [-0.39, 0.29) is 23.8 Å². The van der Waals surface area contributed by atoms with Crippen LogP contribution in [0.3, 0.4) is 0 Å². The van der Waals surface area contributed by atoms with Crippen LogP contribution in [-0.4, -0.2) is 27.7 Å². The second-order valence-corrected chi connectivity index (χ2v) is 3.56. The number of anilines is 1. The van der Waals surface area contributed by atoms with Crippen LogP contribution in [-0.2, 0) is 4.79 Å². The van der Waals surface area contributed by atoms with Gasteiger partial charge in [-0.25, -0.2) is 4.98 Å². The number of nitrogens with zero attached hydrogens (tertiary/aromatic N) is 1. The number of nitrogen functional groups attached to an aromatic ring is 1. The molecule has 0 aliphatic carbocycles. The van der Waals surface area contributed by atoms with Crippen molar-refractivity contribution in [1.29, 1.82) is 0 Å². The number of aromatic amines is 1. The number of rotatable bonds is 5. The molecule has 1 aromatic rings. The lowest BCUT2D eigenvalue weighted by molar-refractivity contribution is -0.120. The number of amides is 2. The van der Waals surface area contributed by atoms with Gasteiger partial charge in [0.1, 0.15) is 5.69 Å². The maximum atomic E-state index is 11.5. The van der Waals surface area contributed by atoms with Gasteiger partial charge < -0.3 is 10.7 Å². The monoisotopic (exact) mass is 244 g/mol. The van der Waals surface area contributed by atoms with Crippen molar-refractivity contribution in [2.45, 2.75) is 19.3 Å². The quantitative estimate of drug-likeness (QED) is 0.523. The van der Waals surface area contributed by atoms with E-state index < -0.39 is 5.91 Å². The summed E-state index contributed by atoms with van der Waals surface area (Å²) in [4.78, 5) is 29.0. The van der Waals surface area contributed by atoms with E-state index in [0.29, 0.717) is 12.3 Å². The molecule has 1 aromatic heterocycles. The lowest BCUT2D eigenvalue weighted by Crippen LogP contribution is -2.31. The highest BCUT2D eigenvalue weighted by molar-refractivity contribution is 6.17. The van der Waals surface area contributed by atoms with Gasteiger partial charge in [-0.15, -0.1) is 11.6 Å². The van der Waals surface area contributed by atoms with E-state index in [0.717, 1.165) is 6.42 Å². The zero-order valence-corrected chi connectivity index (χ0v) is 9.38. The van der Waals surface area contributed by atoms with Crippen molar-refractivity contribution in [3.8, 4) is 0 Å². The van der Waals surface area contributed by atoms with Crippen molar-refractivity contribution >= 4 is 29.2 Å². The Kier molecular flexibility index (Phi) is 4.78. The number of nitrogens with two attached hydrogens (primary N) is 1. The number of hydrogen-bond acceptors (Lipinski definition) is 4. The predicted octanol–water partition coefficient (Wildman–Crippen LogP) is 0.657. The first-order valence-corrected chi connectivity index (χ1v) is 5.37. The van der Waals surface area contributed by atoms with E-state index in [9.17, 15) is 9.59 Å². The van der Waals surface area contributed by atoms with Gasteiger partial charge in [-0.1, -0.05) is 0 Å². The Morgan fingerprint density at radius 3 is 2.81 bits per heavy atom. The molecule has 16 heavy (non-hydrogen) atoms. The molecular weight excluding hydrogens is 232 g/mol. The number of carbonyl (C=O) groups is 2. The molecule has 0 radical (unpaired) electrons. The standard InChI is InChI=1S/C9H13ClN4O2/c10-4-2-1-3-6(15)14-9(16)7-8(11)13-5-12-7/h5H,1-4,11H2,(H,12,13)(H,14,15,16). The van der Waals surface area contributed by atoms with Crippen LogP contribution in [0.5, 0.6) is 0 Å². The molecule has 7 heteroatoms. The largest absolute Gasteiger partial charge is 0.382 e.